The molecule has 1 aliphatic heterocycles. The molecule has 1 unspecified atom stereocenters. The van der Waals surface area contributed by atoms with Crippen LogP contribution in [-0.2, 0) is 26.3 Å². The number of unbranched alkanes of at least 4 members (excludes halogenated alkanes) is 9. The Balaban J connectivity index is 0.00000400. The zero-order valence-electron chi connectivity index (χ0n) is 13.1. The van der Waals surface area contributed by atoms with Crippen LogP contribution in [0.15, 0.2) is 6.08 Å². The van der Waals surface area contributed by atoms with Crippen LogP contribution in [0.3, 0.4) is 0 Å². The van der Waals surface area contributed by atoms with Gasteiger partial charge in [-0.1, -0.05) is 44.9 Å². The molecule has 0 aliphatic carbocycles. The van der Waals surface area contributed by atoms with E-state index < -0.39 is 0 Å². The SMILES string of the molecule is O=C=CCCCCCCCCCCCN1CCOCP1.[Co]. The topological polar surface area (TPSA) is 29.5 Å². The summed E-state index contributed by atoms with van der Waals surface area (Å²) in [5.41, 5.74) is 0. The maximum atomic E-state index is 9.98. The summed E-state index contributed by atoms with van der Waals surface area (Å²) in [6, 6.07) is 0. The maximum Gasteiger partial charge on any atom is 0.120 e. The molecule has 3 nitrogen and oxygen atoms in total. The number of ether oxygens (including phenoxy) is 1. The third-order valence-electron chi connectivity index (χ3n) is 3.76. The van der Waals surface area contributed by atoms with Gasteiger partial charge in [-0.05, 0) is 34.1 Å². The fraction of sp³-hybridized carbons (Fsp3) is 0.875. The van der Waals surface area contributed by atoms with E-state index in [0.717, 1.165) is 41.1 Å². The first-order valence-corrected chi connectivity index (χ1v) is 9.34. The van der Waals surface area contributed by atoms with Crippen molar-refractivity contribution in [3.05, 3.63) is 6.08 Å². The molecule has 0 saturated carbocycles. The van der Waals surface area contributed by atoms with E-state index in [2.05, 4.69) is 4.67 Å². The van der Waals surface area contributed by atoms with Crippen LogP contribution in [0.2, 0.25) is 0 Å². The van der Waals surface area contributed by atoms with E-state index in [1.54, 1.807) is 6.08 Å². The number of hydrogen-bond donors (Lipinski definition) is 0. The van der Waals surface area contributed by atoms with Gasteiger partial charge in [0.1, 0.15) is 5.94 Å². The van der Waals surface area contributed by atoms with Crippen molar-refractivity contribution in [2.75, 3.05) is 26.0 Å². The average molecular weight is 358 g/mol. The molecular formula is C16H30CoNO2P. The number of allylic oxidation sites excluding steroid dienone is 1. The number of carbonyl (C=O) groups excluding carboxylic acids is 1. The minimum Gasteiger partial charge on any atom is -0.375 e. The summed E-state index contributed by atoms with van der Waals surface area (Å²) in [5.74, 6) is 1.84. The van der Waals surface area contributed by atoms with E-state index in [0.29, 0.717) is 0 Å². The molecule has 1 atom stereocenters. The third kappa shape index (κ3) is 13.7. The molecule has 0 aromatic carbocycles. The van der Waals surface area contributed by atoms with Gasteiger partial charge in [0, 0.05) is 29.9 Å². The molecule has 1 radical (unpaired) electrons. The molecule has 0 N–H and O–H groups in total. The van der Waals surface area contributed by atoms with Gasteiger partial charge in [0.15, 0.2) is 0 Å². The van der Waals surface area contributed by atoms with Crippen molar-refractivity contribution in [1.29, 1.82) is 0 Å². The molecule has 0 bridgehead atoms. The first kappa shape index (κ1) is 21.3. The second kappa shape index (κ2) is 16.7. The second-order valence-electron chi connectivity index (χ2n) is 5.49. The first-order chi connectivity index (χ1) is 9.93. The van der Waals surface area contributed by atoms with Crippen molar-refractivity contribution in [3.8, 4) is 0 Å². The Kier molecular flexibility index (Phi) is 16.9. The average Bonchev–Trinajstić information content (AvgIpc) is 2.49. The van der Waals surface area contributed by atoms with Crippen molar-refractivity contribution >= 4 is 14.7 Å². The van der Waals surface area contributed by atoms with Gasteiger partial charge >= 0.3 is 0 Å². The van der Waals surface area contributed by atoms with Gasteiger partial charge in [-0.15, -0.1) is 0 Å². The number of nitrogens with zero attached hydrogens (tertiary/aromatic N) is 1. The van der Waals surface area contributed by atoms with Gasteiger partial charge in [0.05, 0.1) is 13.0 Å². The normalized spacial score (nSPS) is 16.4. The molecule has 125 valence electrons. The molecule has 1 heterocycles. The number of rotatable bonds is 12. The molecule has 0 aromatic heterocycles. The van der Waals surface area contributed by atoms with Crippen LogP contribution in [0.1, 0.15) is 64.2 Å². The van der Waals surface area contributed by atoms with Crippen LogP contribution < -0.4 is 0 Å². The fourth-order valence-electron chi connectivity index (χ4n) is 2.50. The van der Waals surface area contributed by atoms with E-state index in [4.69, 9.17) is 4.74 Å². The summed E-state index contributed by atoms with van der Waals surface area (Å²) in [4.78, 5) is 9.98. The van der Waals surface area contributed by atoms with Crippen molar-refractivity contribution in [2.45, 2.75) is 64.2 Å². The van der Waals surface area contributed by atoms with Crippen LogP contribution in [0.4, 0.5) is 0 Å². The fourth-order valence-corrected chi connectivity index (χ4v) is 3.48. The predicted molar refractivity (Wildman–Crippen MR) is 87.1 cm³/mol. The van der Waals surface area contributed by atoms with Gasteiger partial charge in [0.2, 0.25) is 0 Å². The van der Waals surface area contributed by atoms with Crippen LogP contribution in [-0.4, -0.2) is 36.7 Å². The monoisotopic (exact) mass is 358 g/mol. The molecule has 1 saturated heterocycles. The Bertz CT molecular complexity index is 267. The van der Waals surface area contributed by atoms with Gasteiger partial charge in [-0.3, -0.25) is 4.67 Å². The quantitative estimate of drug-likeness (QED) is 0.298. The van der Waals surface area contributed by atoms with E-state index in [9.17, 15) is 4.79 Å². The minimum absolute atomic E-state index is 0. The first-order valence-electron chi connectivity index (χ1n) is 8.19. The van der Waals surface area contributed by atoms with Crippen molar-refractivity contribution < 1.29 is 26.3 Å². The third-order valence-corrected chi connectivity index (χ3v) is 4.98. The molecular weight excluding hydrogens is 328 g/mol. The molecule has 5 heteroatoms. The van der Waals surface area contributed by atoms with E-state index >= 15 is 0 Å². The van der Waals surface area contributed by atoms with Gasteiger partial charge in [-0.25, -0.2) is 4.79 Å². The van der Waals surface area contributed by atoms with E-state index in [1.165, 1.54) is 57.9 Å². The Hall–Kier alpha value is 0.306. The molecule has 21 heavy (non-hydrogen) atoms. The van der Waals surface area contributed by atoms with Crippen LogP contribution in [0.5, 0.6) is 0 Å². The summed E-state index contributed by atoms with van der Waals surface area (Å²) in [5, 5.41) is 0. The molecule has 1 rings (SSSR count). The van der Waals surface area contributed by atoms with Gasteiger partial charge < -0.3 is 4.74 Å². The Labute approximate surface area is 142 Å². The minimum atomic E-state index is 0. The summed E-state index contributed by atoms with van der Waals surface area (Å²) in [7, 11) is 0.889. The molecule has 0 amide bonds. The van der Waals surface area contributed by atoms with Crippen molar-refractivity contribution in [2.24, 2.45) is 0 Å². The molecule has 0 spiro atoms. The maximum absolute atomic E-state index is 9.98. The van der Waals surface area contributed by atoms with E-state index in [-0.39, 0.29) is 16.8 Å². The summed E-state index contributed by atoms with van der Waals surface area (Å²) >= 11 is 0. The molecule has 1 aliphatic rings. The van der Waals surface area contributed by atoms with Crippen molar-refractivity contribution in [3.63, 3.8) is 0 Å². The largest absolute Gasteiger partial charge is 0.375 e. The smallest absolute Gasteiger partial charge is 0.120 e. The number of hydrogen-bond acceptors (Lipinski definition) is 3. The van der Waals surface area contributed by atoms with E-state index in [1.807, 2.05) is 5.94 Å². The zero-order valence-corrected chi connectivity index (χ0v) is 15.1. The Morgan fingerprint density at radius 3 is 2.19 bits per heavy atom. The summed E-state index contributed by atoms with van der Waals surface area (Å²) < 4.78 is 7.92. The van der Waals surface area contributed by atoms with Crippen molar-refractivity contribution in [1.82, 2.24) is 4.67 Å². The van der Waals surface area contributed by atoms with Crippen LogP contribution in [0, 0.1) is 0 Å². The second-order valence-corrected chi connectivity index (χ2v) is 6.73. The standard InChI is InChI=1S/C16H30NO2P.Co/c18-14-11-9-7-5-3-1-2-4-6-8-10-12-17-13-15-19-16-20-17;/h11,20H,1-10,12-13,15-16H2;. The van der Waals surface area contributed by atoms with Gasteiger partial charge in [-0.2, -0.15) is 0 Å². The Morgan fingerprint density at radius 2 is 1.62 bits per heavy atom. The van der Waals surface area contributed by atoms with Crippen LogP contribution in [0.25, 0.3) is 0 Å². The molecule has 0 aromatic rings. The zero-order chi connectivity index (χ0) is 14.3. The Morgan fingerprint density at radius 1 is 1.00 bits per heavy atom. The summed E-state index contributed by atoms with van der Waals surface area (Å²) in [6.07, 6.45) is 15.4. The van der Waals surface area contributed by atoms with Crippen LogP contribution >= 0.6 is 8.73 Å². The predicted octanol–water partition coefficient (Wildman–Crippen LogP) is 4.16. The molecule has 1 fully saturated rings. The van der Waals surface area contributed by atoms with Gasteiger partial charge in [0.25, 0.3) is 0 Å². The summed E-state index contributed by atoms with van der Waals surface area (Å²) in [6.45, 7) is 3.33.